The van der Waals surface area contributed by atoms with E-state index < -0.39 is 0 Å². The second kappa shape index (κ2) is 6.05. The van der Waals surface area contributed by atoms with Crippen LogP contribution in [0.25, 0.3) is 11.1 Å². The number of fused-ring (bicyclic) bond motifs is 1. The second-order valence-corrected chi connectivity index (χ2v) is 6.38. The summed E-state index contributed by atoms with van der Waals surface area (Å²) < 4.78 is 15.2. The minimum atomic E-state index is -0.350. The largest absolute Gasteiger partial charge is 0.383 e. The highest BCUT2D eigenvalue weighted by Gasteiger charge is 2.23. The number of nitrogens with two attached hydrogens (primary N) is 1. The summed E-state index contributed by atoms with van der Waals surface area (Å²) in [5.74, 6) is -0.158. The third-order valence-corrected chi connectivity index (χ3v) is 4.55. The lowest BCUT2D eigenvalue weighted by atomic mass is 9.91. The van der Waals surface area contributed by atoms with Gasteiger partial charge in [-0.2, -0.15) is 5.26 Å². The molecule has 0 saturated heterocycles. The Morgan fingerprint density at radius 1 is 1.23 bits per heavy atom. The third kappa shape index (κ3) is 2.59. The van der Waals surface area contributed by atoms with Crippen molar-refractivity contribution in [1.82, 2.24) is 4.98 Å². The van der Waals surface area contributed by atoms with Gasteiger partial charge in [-0.1, -0.05) is 22.4 Å². The van der Waals surface area contributed by atoms with Gasteiger partial charge in [-0.05, 0) is 49.4 Å². The number of nitrogen functional groups attached to an aromatic ring is 1. The molecule has 3 rings (SSSR count). The van der Waals surface area contributed by atoms with Crippen molar-refractivity contribution < 1.29 is 4.39 Å². The Hall–Kier alpha value is -1.93. The summed E-state index contributed by atoms with van der Waals surface area (Å²) in [4.78, 5) is 4.40. The maximum absolute atomic E-state index is 14.4. The van der Waals surface area contributed by atoms with E-state index in [2.05, 4.69) is 27.0 Å². The normalized spacial score (nSPS) is 14.0. The van der Waals surface area contributed by atoms with Crippen LogP contribution < -0.4 is 5.73 Å². The van der Waals surface area contributed by atoms with Crippen LogP contribution >= 0.6 is 15.9 Å². The molecular weight excluding hydrogens is 345 g/mol. The number of aryl methyl sites for hydroxylation is 1. The lowest BCUT2D eigenvalue weighted by molar-refractivity contribution is 0.630. The van der Waals surface area contributed by atoms with Gasteiger partial charge >= 0.3 is 0 Å². The fourth-order valence-electron chi connectivity index (χ4n) is 3.04. The monoisotopic (exact) mass is 359 g/mol. The number of nitriles is 1. The molecule has 2 aromatic rings. The first-order chi connectivity index (χ1) is 10.6. The first kappa shape index (κ1) is 15.0. The van der Waals surface area contributed by atoms with Gasteiger partial charge in [0.05, 0.1) is 0 Å². The number of anilines is 1. The molecule has 3 nitrogen and oxygen atoms in total. The molecule has 0 aliphatic heterocycles. The Morgan fingerprint density at radius 2 is 2.00 bits per heavy atom. The zero-order valence-electron chi connectivity index (χ0n) is 12.0. The Morgan fingerprint density at radius 3 is 2.77 bits per heavy atom. The highest BCUT2D eigenvalue weighted by atomic mass is 79.9. The lowest BCUT2D eigenvalue weighted by Crippen LogP contribution is -2.07. The van der Waals surface area contributed by atoms with Crippen molar-refractivity contribution in [2.24, 2.45) is 0 Å². The van der Waals surface area contributed by atoms with Crippen LogP contribution in [0.15, 0.2) is 22.7 Å². The van der Waals surface area contributed by atoms with E-state index >= 15 is 0 Å². The van der Waals surface area contributed by atoms with Crippen LogP contribution in [0.4, 0.5) is 10.2 Å². The van der Waals surface area contributed by atoms with Crippen molar-refractivity contribution in [3.8, 4) is 17.2 Å². The van der Waals surface area contributed by atoms with Crippen molar-refractivity contribution >= 4 is 21.7 Å². The van der Waals surface area contributed by atoms with Crippen molar-refractivity contribution in [1.29, 1.82) is 5.26 Å². The van der Waals surface area contributed by atoms with Gasteiger partial charge in [0.2, 0.25) is 0 Å². The van der Waals surface area contributed by atoms with E-state index in [0.29, 0.717) is 11.1 Å². The van der Waals surface area contributed by atoms with Crippen LogP contribution in [-0.4, -0.2) is 4.98 Å². The predicted octanol–water partition coefficient (Wildman–Crippen LogP) is 4.37. The number of pyridine rings is 1. The van der Waals surface area contributed by atoms with Crippen LogP contribution in [0.5, 0.6) is 0 Å². The zero-order valence-corrected chi connectivity index (χ0v) is 13.6. The summed E-state index contributed by atoms with van der Waals surface area (Å²) in [5, 5.41) is 9.49. The SMILES string of the molecule is N#Cc1c(N)nc2c(c1-c1cc(Br)ccc1F)CCCCC2. The molecule has 0 spiro atoms. The third-order valence-electron chi connectivity index (χ3n) is 4.06. The summed E-state index contributed by atoms with van der Waals surface area (Å²) in [6.07, 6.45) is 4.81. The number of aromatic nitrogens is 1. The number of halogens is 2. The van der Waals surface area contributed by atoms with Gasteiger partial charge in [-0.15, -0.1) is 0 Å². The predicted molar refractivity (Wildman–Crippen MR) is 87.7 cm³/mol. The number of benzene rings is 1. The molecule has 1 aromatic carbocycles. The molecule has 1 heterocycles. The standard InChI is InChI=1S/C17H15BrFN3/c18-10-6-7-14(19)12(8-10)16-11-4-2-1-3-5-15(11)22-17(21)13(16)9-20/h6-8H,1-5H2,(H2,21,22). The molecule has 0 fully saturated rings. The summed E-state index contributed by atoms with van der Waals surface area (Å²) in [7, 11) is 0. The van der Waals surface area contributed by atoms with E-state index in [4.69, 9.17) is 5.73 Å². The van der Waals surface area contributed by atoms with Crippen molar-refractivity contribution in [3.63, 3.8) is 0 Å². The van der Waals surface area contributed by atoms with Crippen LogP contribution in [-0.2, 0) is 12.8 Å². The minimum absolute atomic E-state index is 0.192. The molecule has 112 valence electrons. The average molecular weight is 360 g/mol. The molecule has 22 heavy (non-hydrogen) atoms. The Bertz CT molecular complexity index is 780. The van der Waals surface area contributed by atoms with Crippen molar-refractivity contribution in [2.75, 3.05) is 5.73 Å². The molecule has 0 bridgehead atoms. The van der Waals surface area contributed by atoms with E-state index in [1.807, 2.05) is 0 Å². The van der Waals surface area contributed by atoms with Crippen LogP contribution in [0, 0.1) is 17.1 Å². The maximum atomic E-state index is 14.4. The highest BCUT2D eigenvalue weighted by molar-refractivity contribution is 9.10. The highest BCUT2D eigenvalue weighted by Crippen LogP contribution is 2.37. The summed E-state index contributed by atoms with van der Waals surface area (Å²) >= 11 is 3.37. The van der Waals surface area contributed by atoms with Crippen molar-refractivity contribution in [2.45, 2.75) is 32.1 Å². The quantitative estimate of drug-likeness (QED) is 0.768. The Labute approximate surface area is 137 Å². The average Bonchev–Trinajstić information content (AvgIpc) is 2.73. The fraction of sp³-hybridized carbons (Fsp3) is 0.294. The number of rotatable bonds is 1. The van der Waals surface area contributed by atoms with Crippen LogP contribution in [0.3, 0.4) is 0 Å². The molecule has 0 saturated carbocycles. The van der Waals surface area contributed by atoms with Crippen molar-refractivity contribution in [3.05, 3.63) is 45.3 Å². The van der Waals surface area contributed by atoms with E-state index in [1.54, 1.807) is 12.1 Å². The van der Waals surface area contributed by atoms with Gasteiger partial charge in [0.25, 0.3) is 0 Å². The fourth-order valence-corrected chi connectivity index (χ4v) is 3.40. The van der Waals surface area contributed by atoms with E-state index in [1.165, 1.54) is 6.07 Å². The van der Waals surface area contributed by atoms with E-state index in [9.17, 15) is 9.65 Å². The number of hydrogen-bond acceptors (Lipinski definition) is 3. The molecule has 0 amide bonds. The zero-order chi connectivity index (χ0) is 15.7. The number of nitrogens with zero attached hydrogens (tertiary/aromatic N) is 2. The van der Waals surface area contributed by atoms with Gasteiger partial charge in [-0.25, -0.2) is 9.37 Å². The van der Waals surface area contributed by atoms with E-state index in [-0.39, 0.29) is 17.2 Å². The first-order valence-electron chi connectivity index (χ1n) is 7.28. The molecule has 0 atom stereocenters. The summed E-state index contributed by atoms with van der Waals surface area (Å²) in [6.45, 7) is 0. The van der Waals surface area contributed by atoms with Crippen LogP contribution in [0.1, 0.15) is 36.1 Å². The second-order valence-electron chi connectivity index (χ2n) is 5.47. The first-order valence-corrected chi connectivity index (χ1v) is 8.08. The molecule has 1 aliphatic carbocycles. The Kier molecular flexibility index (Phi) is 4.12. The van der Waals surface area contributed by atoms with Gasteiger partial charge in [-0.3, -0.25) is 0 Å². The maximum Gasteiger partial charge on any atom is 0.142 e. The molecule has 1 aromatic heterocycles. The van der Waals surface area contributed by atoms with Crippen LogP contribution in [0.2, 0.25) is 0 Å². The molecule has 5 heteroatoms. The molecule has 0 radical (unpaired) electrons. The molecule has 0 unspecified atom stereocenters. The minimum Gasteiger partial charge on any atom is -0.383 e. The van der Waals surface area contributed by atoms with Gasteiger partial charge in [0.15, 0.2) is 0 Å². The lowest BCUT2D eigenvalue weighted by Gasteiger charge is -2.16. The molecule has 2 N–H and O–H groups in total. The number of hydrogen-bond donors (Lipinski definition) is 1. The van der Waals surface area contributed by atoms with E-state index in [0.717, 1.165) is 47.8 Å². The summed E-state index contributed by atoms with van der Waals surface area (Å²) in [6, 6.07) is 6.86. The summed E-state index contributed by atoms with van der Waals surface area (Å²) in [5.41, 5.74) is 9.15. The smallest absolute Gasteiger partial charge is 0.142 e. The molecule has 1 aliphatic rings. The molecular formula is C17H15BrFN3. The van der Waals surface area contributed by atoms with Gasteiger partial charge in [0.1, 0.15) is 23.3 Å². The Balaban J connectivity index is 2.36. The van der Waals surface area contributed by atoms with Gasteiger partial charge in [0, 0.05) is 21.3 Å². The van der Waals surface area contributed by atoms with Gasteiger partial charge < -0.3 is 5.73 Å². The topological polar surface area (TPSA) is 62.7 Å².